The third-order valence-corrected chi connectivity index (χ3v) is 11.0. The topological polar surface area (TPSA) is 111 Å². The van der Waals surface area contributed by atoms with Gasteiger partial charge in [-0.05, 0) is 68.1 Å². The number of carbonyl (C=O) groups is 1. The van der Waals surface area contributed by atoms with Crippen LogP contribution in [0.3, 0.4) is 0 Å². The minimum absolute atomic E-state index is 0.118. The summed E-state index contributed by atoms with van der Waals surface area (Å²) in [6.45, 7) is 4.22. The van der Waals surface area contributed by atoms with Crippen molar-refractivity contribution in [3.8, 4) is 0 Å². The van der Waals surface area contributed by atoms with Crippen LogP contribution in [0.1, 0.15) is 54.2 Å². The van der Waals surface area contributed by atoms with Crippen molar-refractivity contribution in [1.82, 2.24) is 19.3 Å². The van der Waals surface area contributed by atoms with Crippen LogP contribution >= 0.6 is 11.8 Å². The SMILES string of the molecule is CN(C(=O)c1ccc2nc(N)c3cncn3c2c1)[C@@H]1CSC(C)(C)c2cc(S(=O)(=O)C3CC3)ccc21. The molecule has 0 radical (unpaired) electrons. The van der Waals surface area contributed by atoms with Crippen molar-refractivity contribution in [2.45, 2.75) is 47.6 Å². The van der Waals surface area contributed by atoms with Crippen LogP contribution in [0, 0.1) is 0 Å². The molecule has 1 aliphatic carbocycles. The number of hydrogen-bond donors (Lipinski definition) is 1. The zero-order chi connectivity index (χ0) is 25.4. The van der Waals surface area contributed by atoms with E-state index in [9.17, 15) is 13.2 Å². The number of rotatable bonds is 4. The van der Waals surface area contributed by atoms with Crippen LogP contribution in [0.4, 0.5) is 5.82 Å². The number of nitrogens with zero attached hydrogens (tertiary/aromatic N) is 4. The lowest BCUT2D eigenvalue weighted by molar-refractivity contribution is 0.0743. The first-order chi connectivity index (χ1) is 17.1. The first kappa shape index (κ1) is 23.3. The van der Waals surface area contributed by atoms with Gasteiger partial charge in [0.2, 0.25) is 0 Å². The highest BCUT2D eigenvalue weighted by Crippen LogP contribution is 2.48. The molecular formula is C26H27N5O3S2. The zero-order valence-electron chi connectivity index (χ0n) is 20.3. The molecule has 2 aromatic carbocycles. The summed E-state index contributed by atoms with van der Waals surface area (Å²) in [5.41, 5.74) is 10.7. The number of imidazole rings is 1. The molecule has 36 heavy (non-hydrogen) atoms. The standard InChI is InChI=1S/C26H27N5O3S2/c1-26(2)19-11-17(36(33,34)16-5-6-16)7-8-18(19)23(13-35-26)30(3)25(32)15-4-9-20-21(10-15)31-14-28-12-22(31)24(27)29-20/h4,7-12,14,16,23H,5-6,13H2,1-3H3,(H2,27,29)/t23-/m1/s1. The molecule has 10 heteroatoms. The van der Waals surface area contributed by atoms with E-state index in [-0.39, 0.29) is 21.9 Å². The van der Waals surface area contributed by atoms with Crippen molar-refractivity contribution in [1.29, 1.82) is 0 Å². The average molecular weight is 522 g/mol. The number of thioether (sulfide) groups is 1. The molecule has 3 heterocycles. The van der Waals surface area contributed by atoms with E-state index in [0.717, 1.165) is 29.5 Å². The Kier molecular flexibility index (Phi) is 5.14. The molecule has 1 amide bonds. The number of benzene rings is 2. The molecule has 6 rings (SSSR count). The summed E-state index contributed by atoms with van der Waals surface area (Å²) < 4.78 is 27.4. The Morgan fingerprint density at radius 2 is 1.94 bits per heavy atom. The second kappa shape index (κ2) is 7.94. The van der Waals surface area contributed by atoms with Crippen LogP contribution in [-0.2, 0) is 14.6 Å². The van der Waals surface area contributed by atoms with Gasteiger partial charge in [0, 0.05) is 23.1 Å². The molecule has 1 saturated carbocycles. The Labute approximate surface area is 213 Å². The van der Waals surface area contributed by atoms with E-state index in [2.05, 4.69) is 23.8 Å². The van der Waals surface area contributed by atoms with Crippen molar-refractivity contribution >= 4 is 49.9 Å². The van der Waals surface area contributed by atoms with Gasteiger partial charge in [-0.1, -0.05) is 6.07 Å². The van der Waals surface area contributed by atoms with Crippen molar-refractivity contribution in [2.75, 3.05) is 18.5 Å². The third-order valence-electron chi connectivity index (χ3n) is 7.34. The summed E-state index contributed by atoms with van der Waals surface area (Å²) in [5, 5.41) is -0.255. The molecule has 1 fully saturated rings. The van der Waals surface area contributed by atoms with Gasteiger partial charge in [0.25, 0.3) is 5.91 Å². The molecule has 186 valence electrons. The number of anilines is 1. The van der Waals surface area contributed by atoms with E-state index in [1.807, 2.05) is 29.6 Å². The van der Waals surface area contributed by atoms with Gasteiger partial charge in [0.15, 0.2) is 9.84 Å². The number of nitrogens with two attached hydrogens (primary N) is 1. The highest BCUT2D eigenvalue weighted by atomic mass is 32.2. The maximum absolute atomic E-state index is 13.7. The predicted molar refractivity (Wildman–Crippen MR) is 142 cm³/mol. The predicted octanol–water partition coefficient (Wildman–Crippen LogP) is 4.20. The minimum Gasteiger partial charge on any atom is -0.382 e. The number of amides is 1. The average Bonchev–Trinajstić information content (AvgIpc) is 3.60. The molecular weight excluding hydrogens is 494 g/mol. The Bertz CT molecular complexity index is 1660. The normalized spacial score (nSPS) is 19.4. The lowest BCUT2D eigenvalue weighted by atomic mass is 9.91. The Morgan fingerprint density at radius 1 is 1.17 bits per heavy atom. The smallest absolute Gasteiger partial charge is 0.254 e. The van der Waals surface area contributed by atoms with E-state index < -0.39 is 9.84 Å². The van der Waals surface area contributed by atoms with Crippen LogP contribution in [0.5, 0.6) is 0 Å². The van der Waals surface area contributed by atoms with Crippen LogP contribution in [-0.4, -0.2) is 51.6 Å². The molecule has 1 aliphatic heterocycles. The van der Waals surface area contributed by atoms with E-state index >= 15 is 0 Å². The van der Waals surface area contributed by atoms with Gasteiger partial charge in [-0.15, -0.1) is 11.8 Å². The van der Waals surface area contributed by atoms with Gasteiger partial charge in [0.05, 0.1) is 39.7 Å². The van der Waals surface area contributed by atoms with Gasteiger partial charge >= 0.3 is 0 Å². The molecule has 0 saturated heterocycles. The summed E-state index contributed by atoms with van der Waals surface area (Å²) in [7, 11) is -1.49. The summed E-state index contributed by atoms with van der Waals surface area (Å²) in [5.74, 6) is 0.986. The van der Waals surface area contributed by atoms with Gasteiger partial charge in [-0.25, -0.2) is 18.4 Å². The number of hydrogen-bond acceptors (Lipinski definition) is 7. The third kappa shape index (κ3) is 3.57. The molecule has 8 nitrogen and oxygen atoms in total. The number of sulfone groups is 1. The fourth-order valence-corrected chi connectivity index (χ4v) is 8.01. The molecule has 0 unspecified atom stereocenters. The Hall–Kier alpha value is -3.11. The van der Waals surface area contributed by atoms with Gasteiger partial charge in [-0.3, -0.25) is 9.20 Å². The van der Waals surface area contributed by atoms with Gasteiger partial charge in [-0.2, -0.15) is 0 Å². The fourth-order valence-electron chi connectivity index (χ4n) is 5.02. The summed E-state index contributed by atoms with van der Waals surface area (Å²) in [6.07, 6.45) is 4.78. The Morgan fingerprint density at radius 3 is 2.69 bits per heavy atom. The first-order valence-corrected chi connectivity index (χ1v) is 14.4. The monoisotopic (exact) mass is 521 g/mol. The second-order valence-corrected chi connectivity index (χ2v) is 14.0. The van der Waals surface area contributed by atoms with E-state index in [1.54, 1.807) is 47.4 Å². The number of aromatic nitrogens is 3. The number of fused-ring (bicyclic) bond motifs is 4. The van der Waals surface area contributed by atoms with Crippen LogP contribution < -0.4 is 5.73 Å². The lowest BCUT2D eigenvalue weighted by Gasteiger charge is -2.40. The highest BCUT2D eigenvalue weighted by Gasteiger charge is 2.40. The van der Waals surface area contributed by atoms with Crippen molar-refractivity contribution in [2.24, 2.45) is 0 Å². The quantitative estimate of drug-likeness (QED) is 0.429. The molecule has 2 N–H and O–H groups in total. The summed E-state index contributed by atoms with van der Waals surface area (Å²) in [6, 6.07) is 10.7. The molecule has 0 spiro atoms. The Balaban J connectivity index is 1.38. The molecule has 2 aromatic heterocycles. The van der Waals surface area contributed by atoms with Crippen LogP contribution in [0.25, 0.3) is 16.6 Å². The molecule has 4 aromatic rings. The van der Waals surface area contributed by atoms with Gasteiger partial charge < -0.3 is 10.6 Å². The summed E-state index contributed by atoms with van der Waals surface area (Å²) >= 11 is 1.74. The van der Waals surface area contributed by atoms with E-state index in [1.165, 1.54) is 0 Å². The fraction of sp³-hybridized carbons (Fsp3) is 0.346. The van der Waals surface area contributed by atoms with Crippen molar-refractivity contribution in [3.05, 3.63) is 65.6 Å². The van der Waals surface area contributed by atoms with Crippen molar-refractivity contribution in [3.63, 3.8) is 0 Å². The number of carbonyl (C=O) groups excluding carboxylic acids is 1. The zero-order valence-corrected chi connectivity index (χ0v) is 21.9. The van der Waals surface area contributed by atoms with Gasteiger partial charge in [0.1, 0.15) is 11.3 Å². The van der Waals surface area contributed by atoms with E-state index in [4.69, 9.17) is 5.73 Å². The van der Waals surface area contributed by atoms with Crippen molar-refractivity contribution < 1.29 is 13.2 Å². The summed E-state index contributed by atoms with van der Waals surface area (Å²) in [4.78, 5) is 24.4. The molecule has 2 aliphatic rings. The maximum Gasteiger partial charge on any atom is 0.254 e. The number of nitrogen functional groups attached to an aromatic ring is 1. The maximum atomic E-state index is 13.7. The molecule has 0 bridgehead atoms. The highest BCUT2D eigenvalue weighted by molar-refractivity contribution is 8.00. The van der Waals surface area contributed by atoms with Crippen LogP contribution in [0.2, 0.25) is 0 Å². The lowest BCUT2D eigenvalue weighted by Crippen LogP contribution is -2.37. The second-order valence-electron chi connectivity index (χ2n) is 10.1. The van der Waals surface area contributed by atoms with E-state index in [0.29, 0.717) is 33.1 Å². The minimum atomic E-state index is -3.30. The first-order valence-electron chi connectivity index (χ1n) is 11.9. The largest absolute Gasteiger partial charge is 0.382 e. The molecule has 1 atom stereocenters. The van der Waals surface area contributed by atoms with Crippen LogP contribution in [0.15, 0.2) is 53.8 Å².